The molecule has 36 heavy (non-hydrogen) atoms. The van der Waals surface area contributed by atoms with Gasteiger partial charge in [-0.05, 0) is 46.3 Å². The van der Waals surface area contributed by atoms with Gasteiger partial charge >= 0.3 is 5.97 Å². The van der Waals surface area contributed by atoms with E-state index in [0.29, 0.717) is 35.6 Å². The molecule has 194 valence electrons. The lowest BCUT2D eigenvalue weighted by molar-refractivity contribution is -0.298. The first-order valence-corrected chi connectivity index (χ1v) is 13.8. The molecule has 1 saturated heterocycles. The number of allylic oxidation sites excluding steroid dienone is 1. The molecular formula is C30H37BrO5. The number of ketones is 1. The summed E-state index contributed by atoms with van der Waals surface area (Å²) in [7, 11) is 0. The van der Waals surface area contributed by atoms with Crippen molar-refractivity contribution in [1.29, 1.82) is 0 Å². The van der Waals surface area contributed by atoms with Gasteiger partial charge in [0, 0.05) is 42.9 Å². The fourth-order valence-electron chi connectivity index (χ4n) is 5.64. The van der Waals surface area contributed by atoms with Crippen LogP contribution >= 0.6 is 15.9 Å². The summed E-state index contributed by atoms with van der Waals surface area (Å²) in [5.41, 5.74) is 0.538. The van der Waals surface area contributed by atoms with E-state index in [9.17, 15) is 9.59 Å². The minimum Gasteiger partial charge on any atom is -0.458 e. The molecule has 2 aliphatic carbocycles. The van der Waals surface area contributed by atoms with Crippen LogP contribution in [0, 0.1) is 40.9 Å². The number of carbonyl (C=O) groups excluding carboxylic acids is 2. The van der Waals surface area contributed by atoms with E-state index in [1.54, 1.807) is 12.1 Å². The minimum absolute atomic E-state index is 0.00224. The molecule has 2 saturated carbocycles. The zero-order valence-corrected chi connectivity index (χ0v) is 23.3. The molecule has 0 N–H and O–H groups in total. The maximum atomic E-state index is 13.1. The van der Waals surface area contributed by atoms with Crippen molar-refractivity contribution < 1.29 is 23.8 Å². The average molecular weight is 558 g/mol. The molecule has 0 amide bonds. The third-order valence-corrected chi connectivity index (χ3v) is 8.29. The Labute approximate surface area is 223 Å². The van der Waals surface area contributed by atoms with Gasteiger partial charge in [0.1, 0.15) is 6.10 Å². The van der Waals surface area contributed by atoms with E-state index in [4.69, 9.17) is 14.2 Å². The molecule has 1 spiro atoms. The summed E-state index contributed by atoms with van der Waals surface area (Å²) in [6.45, 7) is 9.53. The molecule has 0 bridgehead atoms. The van der Waals surface area contributed by atoms with E-state index in [1.807, 2.05) is 38.1 Å². The fourth-order valence-corrected chi connectivity index (χ4v) is 6.34. The second-order valence-corrected chi connectivity index (χ2v) is 12.2. The molecule has 6 heteroatoms. The Morgan fingerprint density at radius 1 is 1.17 bits per heavy atom. The minimum atomic E-state index is -0.579. The van der Waals surface area contributed by atoms with Gasteiger partial charge < -0.3 is 14.2 Å². The summed E-state index contributed by atoms with van der Waals surface area (Å²) < 4.78 is 19.2. The summed E-state index contributed by atoms with van der Waals surface area (Å²) in [5, 5.41) is 0. The molecule has 3 fully saturated rings. The first kappa shape index (κ1) is 27.1. The lowest BCUT2D eigenvalue weighted by atomic mass is 9.89. The van der Waals surface area contributed by atoms with Gasteiger partial charge in [0.2, 0.25) is 0 Å². The van der Waals surface area contributed by atoms with Gasteiger partial charge in [-0.1, -0.05) is 52.0 Å². The van der Waals surface area contributed by atoms with Crippen LogP contribution in [0.15, 0.2) is 40.9 Å². The van der Waals surface area contributed by atoms with Crippen LogP contribution in [0.1, 0.15) is 70.2 Å². The van der Waals surface area contributed by atoms with Crippen LogP contribution in [0.25, 0.3) is 0 Å². The Kier molecular flexibility index (Phi) is 8.44. The van der Waals surface area contributed by atoms with Crippen molar-refractivity contribution in [3.63, 3.8) is 0 Å². The van der Waals surface area contributed by atoms with Gasteiger partial charge in [0.25, 0.3) is 0 Å². The van der Waals surface area contributed by atoms with Gasteiger partial charge in [-0.25, -0.2) is 4.79 Å². The monoisotopic (exact) mass is 556 g/mol. The standard InChI is InChI=1S/C30H37BrO5/c1-5-6-8-11-20(2)27(32)25(31)15-23-24-17-30(34-18-29(3,4)19-35-30)16-22(24)14-26(23)36-28(33)21-12-9-7-10-13-21/h7,9-10,12-13,15,20,22-24,26H,5,11,14,16-19H2,1-4H3/b25-15-/t20-,22+,23+,24-,26+/m0/s1. The maximum Gasteiger partial charge on any atom is 0.338 e. The number of carbonyl (C=O) groups is 2. The average Bonchev–Trinajstić information content (AvgIpc) is 3.36. The predicted molar refractivity (Wildman–Crippen MR) is 142 cm³/mol. The molecule has 0 radical (unpaired) electrons. The zero-order chi connectivity index (χ0) is 25.9. The van der Waals surface area contributed by atoms with Crippen molar-refractivity contribution in [2.45, 2.75) is 71.7 Å². The first-order chi connectivity index (χ1) is 17.1. The quantitative estimate of drug-likeness (QED) is 0.233. The zero-order valence-electron chi connectivity index (χ0n) is 21.7. The largest absolute Gasteiger partial charge is 0.458 e. The van der Waals surface area contributed by atoms with Crippen molar-refractivity contribution in [3.8, 4) is 11.8 Å². The number of benzene rings is 1. The molecule has 5 atom stereocenters. The number of fused-ring (bicyclic) bond motifs is 1. The highest BCUT2D eigenvalue weighted by molar-refractivity contribution is 9.12. The summed E-state index contributed by atoms with van der Waals surface area (Å²) in [4.78, 5) is 26.0. The van der Waals surface area contributed by atoms with Crippen LogP contribution in [-0.4, -0.2) is 36.9 Å². The van der Waals surface area contributed by atoms with E-state index in [1.165, 1.54) is 0 Å². The summed E-state index contributed by atoms with van der Waals surface area (Å²) >= 11 is 3.56. The van der Waals surface area contributed by atoms with Crippen molar-refractivity contribution in [1.82, 2.24) is 0 Å². The van der Waals surface area contributed by atoms with E-state index in [2.05, 4.69) is 41.6 Å². The molecule has 1 aromatic carbocycles. The second-order valence-electron chi connectivity index (χ2n) is 11.3. The van der Waals surface area contributed by atoms with Crippen LogP contribution in [0.5, 0.6) is 0 Å². The Morgan fingerprint density at radius 2 is 1.86 bits per heavy atom. The van der Waals surface area contributed by atoms with E-state index >= 15 is 0 Å². The number of Topliss-reactive ketones (excluding diaryl/α,β-unsaturated/α-hetero) is 1. The van der Waals surface area contributed by atoms with Gasteiger partial charge in [-0.15, -0.1) is 11.8 Å². The van der Waals surface area contributed by atoms with Crippen LogP contribution in [0.3, 0.4) is 0 Å². The molecule has 5 nitrogen and oxygen atoms in total. The van der Waals surface area contributed by atoms with Gasteiger partial charge in [-0.2, -0.15) is 0 Å². The van der Waals surface area contributed by atoms with E-state index in [0.717, 1.165) is 25.7 Å². The van der Waals surface area contributed by atoms with Crippen molar-refractivity contribution in [2.75, 3.05) is 13.2 Å². The number of esters is 1. The number of hydrogen-bond acceptors (Lipinski definition) is 5. The highest BCUT2D eigenvalue weighted by Crippen LogP contribution is 2.56. The number of rotatable bonds is 6. The fraction of sp³-hybridized carbons (Fsp3) is 0.600. The van der Waals surface area contributed by atoms with E-state index in [-0.39, 0.29) is 41.0 Å². The van der Waals surface area contributed by atoms with Crippen molar-refractivity contribution in [2.24, 2.45) is 29.1 Å². The number of hydrogen-bond donors (Lipinski definition) is 0. The van der Waals surface area contributed by atoms with Crippen LogP contribution in [0.4, 0.5) is 0 Å². The molecule has 1 aromatic rings. The molecule has 0 aromatic heterocycles. The highest BCUT2D eigenvalue weighted by Gasteiger charge is 2.57. The van der Waals surface area contributed by atoms with Crippen LogP contribution < -0.4 is 0 Å². The Bertz CT molecular complexity index is 1040. The predicted octanol–water partition coefficient (Wildman–Crippen LogP) is 6.31. The van der Waals surface area contributed by atoms with Gasteiger partial charge in [0.05, 0.1) is 23.3 Å². The Balaban J connectivity index is 1.54. The highest BCUT2D eigenvalue weighted by atomic mass is 79.9. The topological polar surface area (TPSA) is 61.8 Å². The first-order valence-electron chi connectivity index (χ1n) is 13.0. The lowest BCUT2D eigenvalue weighted by Crippen LogP contribution is -2.46. The SMILES string of the molecule is CCC#CC[C@H](C)C(=O)/C(Br)=C/[C@@H]1[C@H]2CC3(C[C@H]2C[C@H]1OC(=O)c1ccccc1)OCC(C)(C)CO3. The molecular weight excluding hydrogens is 520 g/mol. The molecule has 1 heterocycles. The van der Waals surface area contributed by atoms with Crippen LogP contribution in [0.2, 0.25) is 0 Å². The lowest BCUT2D eigenvalue weighted by Gasteiger charge is -2.42. The van der Waals surface area contributed by atoms with Gasteiger partial charge in [-0.3, -0.25) is 4.79 Å². The smallest absolute Gasteiger partial charge is 0.338 e. The normalized spacial score (nSPS) is 29.2. The maximum absolute atomic E-state index is 13.1. The van der Waals surface area contributed by atoms with E-state index < -0.39 is 5.79 Å². The Morgan fingerprint density at radius 3 is 2.53 bits per heavy atom. The summed E-state index contributed by atoms with van der Waals surface area (Å²) in [6, 6.07) is 9.07. The molecule has 4 rings (SSSR count). The van der Waals surface area contributed by atoms with Gasteiger partial charge in [0.15, 0.2) is 11.6 Å². The number of halogens is 1. The molecule has 3 aliphatic rings. The molecule has 1 aliphatic heterocycles. The third-order valence-electron chi connectivity index (χ3n) is 7.64. The molecule has 0 unspecified atom stereocenters. The second kappa shape index (κ2) is 11.2. The van der Waals surface area contributed by atoms with Crippen molar-refractivity contribution >= 4 is 27.7 Å². The summed E-state index contributed by atoms with van der Waals surface area (Å²) in [6.07, 6.45) is 5.23. The van der Waals surface area contributed by atoms with Crippen LogP contribution in [-0.2, 0) is 19.0 Å². The number of ether oxygens (including phenoxy) is 3. The summed E-state index contributed by atoms with van der Waals surface area (Å²) in [5.74, 6) is 5.42. The third kappa shape index (κ3) is 6.13. The van der Waals surface area contributed by atoms with Crippen molar-refractivity contribution in [3.05, 3.63) is 46.5 Å². The Hall–Kier alpha value is -1.94.